The normalized spacial score (nSPS) is 11.6. The van der Waals surface area contributed by atoms with E-state index in [-0.39, 0.29) is 10.8 Å². The lowest BCUT2D eigenvalue weighted by Crippen LogP contribution is -2.13. The van der Waals surface area contributed by atoms with Crippen LogP contribution in [0.1, 0.15) is 21.8 Å². The van der Waals surface area contributed by atoms with Crippen molar-refractivity contribution in [2.45, 2.75) is 31.6 Å². The lowest BCUT2D eigenvalue weighted by molar-refractivity contribution is 0.285. The number of aliphatic hydroxyl groups is 1. The average molecular weight is 312 g/mol. The van der Waals surface area contributed by atoms with Crippen molar-refractivity contribution in [2.75, 3.05) is 4.72 Å². The van der Waals surface area contributed by atoms with Crippen molar-refractivity contribution in [3.8, 4) is 0 Å². The first-order valence-corrected chi connectivity index (χ1v) is 8.30. The Morgan fingerprint density at radius 3 is 2.55 bits per heavy atom. The zero-order valence-corrected chi connectivity index (χ0v) is 13.1. The van der Waals surface area contributed by atoms with Crippen molar-refractivity contribution in [1.29, 1.82) is 0 Å². The molecule has 0 bridgehead atoms. The van der Waals surface area contributed by atoms with Crippen LogP contribution in [0.2, 0.25) is 0 Å². The Hall–Kier alpha value is -1.44. The SMILES string of the molecule is Cc1ccc(NS(=O)(=O)c2cc(C)c(CO)s2)c(C)n1. The summed E-state index contributed by atoms with van der Waals surface area (Å²) in [6, 6.07) is 5.02. The molecular formula is C13H16N2O3S2. The number of sulfonamides is 1. The maximum Gasteiger partial charge on any atom is 0.271 e. The third-order valence-corrected chi connectivity index (χ3v) is 5.94. The Morgan fingerprint density at radius 2 is 2.00 bits per heavy atom. The minimum absolute atomic E-state index is 0.156. The molecule has 0 saturated heterocycles. The molecule has 0 aliphatic carbocycles. The van der Waals surface area contributed by atoms with Crippen molar-refractivity contribution in [3.63, 3.8) is 0 Å². The van der Waals surface area contributed by atoms with Crippen molar-refractivity contribution >= 4 is 27.0 Å². The van der Waals surface area contributed by atoms with E-state index >= 15 is 0 Å². The van der Waals surface area contributed by atoms with Gasteiger partial charge in [0, 0.05) is 10.6 Å². The molecule has 0 aliphatic rings. The maximum absolute atomic E-state index is 12.3. The molecule has 2 aromatic rings. The van der Waals surface area contributed by atoms with Crippen molar-refractivity contribution in [2.24, 2.45) is 0 Å². The summed E-state index contributed by atoms with van der Waals surface area (Å²) in [6.07, 6.45) is 0. The zero-order chi connectivity index (χ0) is 14.9. The summed E-state index contributed by atoms with van der Waals surface area (Å²) >= 11 is 1.07. The second kappa shape index (κ2) is 5.51. The van der Waals surface area contributed by atoms with Gasteiger partial charge in [0.2, 0.25) is 0 Å². The van der Waals surface area contributed by atoms with E-state index in [9.17, 15) is 8.42 Å². The van der Waals surface area contributed by atoms with Crippen LogP contribution in [-0.2, 0) is 16.6 Å². The molecular weight excluding hydrogens is 296 g/mol. The molecule has 0 fully saturated rings. The molecule has 5 nitrogen and oxygen atoms in total. The van der Waals surface area contributed by atoms with Gasteiger partial charge in [-0.1, -0.05) is 0 Å². The lowest BCUT2D eigenvalue weighted by Gasteiger charge is -2.09. The second-order valence-corrected chi connectivity index (χ2v) is 7.57. The number of aliphatic hydroxyl groups excluding tert-OH is 1. The summed E-state index contributed by atoms with van der Waals surface area (Å²) in [7, 11) is -3.64. The van der Waals surface area contributed by atoms with E-state index in [2.05, 4.69) is 9.71 Å². The Kier molecular flexibility index (Phi) is 4.12. The summed E-state index contributed by atoms with van der Waals surface area (Å²) < 4.78 is 27.3. The van der Waals surface area contributed by atoms with E-state index in [0.717, 1.165) is 22.6 Å². The summed E-state index contributed by atoms with van der Waals surface area (Å²) in [4.78, 5) is 4.88. The molecule has 2 N–H and O–H groups in total. The van der Waals surface area contributed by atoms with Gasteiger partial charge in [0.15, 0.2) is 0 Å². The van der Waals surface area contributed by atoms with Crippen molar-refractivity contribution in [3.05, 3.63) is 40.0 Å². The third kappa shape index (κ3) is 3.00. The topological polar surface area (TPSA) is 79.3 Å². The number of hydrogen-bond donors (Lipinski definition) is 2. The average Bonchev–Trinajstić information content (AvgIpc) is 2.75. The Morgan fingerprint density at radius 1 is 1.30 bits per heavy atom. The first kappa shape index (κ1) is 15.0. The highest BCUT2D eigenvalue weighted by Gasteiger charge is 2.19. The highest BCUT2D eigenvalue weighted by molar-refractivity contribution is 7.94. The molecule has 0 spiro atoms. The summed E-state index contributed by atoms with van der Waals surface area (Å²) in [5.41, 5.74) is 2.70. The van der Waals surface area contributed by atoms with Crippen LogP contribution in [0, 0.1) is 20.8 Å². The first-order valence-electron chi connectivity index (χ1n) is 6.00. The van der Waals surface area contributed by atoms with Gasteiger partial charge in [0.1, 0.15) is 4.21 Å². The Bertz CT molecular complexity index is 736. The number of anilines is 1. The molecule has 0 aromatic carbocycles. The Labute approximate surface area is 122 Å². The molecule has 0 aliphatic heterocycles. The molecule has 0 unspecified atom stereocenters. The molecule has 20 heavy (non-hydrogen) atoms. The molecule has 0 atom stereocenters. The molecule has 108 valence electrons. The van der Waals surface area contributed by atoms with Crippen LogP contribution in [0.25, 0.3) is 0 Å². The van der Waals surface area contributed by atoms with Gasteiger partial charge in [-0.05, 0) is 44.5 Å². The second-order valence-electron chi connectivity index (χ2n) is 4.52. The number of thiophene rings is 1. The number of rotatable bonds is 4. The van der Waals surface area contributed by atoms with E-state index in [1.54, 1.807) is 32.0 Å². The van der Waals surface area contributed by atoms with Crippen LogP contribution in [0.5, 0.6) is 0 Å². The van der Waals surface area contributed by atoms with Crippen LogP contribution >= 0.6 is 11.3 Å². The predicted octanol–water partition coefficient (Wildman–Crippen LogP) is 2.36. The van der Waals surface area contributed by atoms with Crippen molar-refractivity contribution < 1.29 is 13.5 Å². The maximum atomic E-state index is 12.3. The van der Waals surface area contributed by atoms with Gasteiger partial charge < -0.3 is 5.11 Å². The minimum Gasteiger partial charge on any atom is -0.391 e. The number of hydrogen-bond acceptors (Lipinski definition) is 5. The molecule has 0 saturated carbocycles. The van der Waals surface area contributed by atoms with Gasteiger partial charge in [-0.2, -0.15) is 0 Å². The first-order chi connectivity index (χ1) is 9.33. The van der Waals surface area contributed by atoms with Crippen LogP contribution < -0.4 is 4.72 Å². The van der Waals surface area contributed by atoms with Crippen LogP contribution in [0.15, 0.2) is 22.4 Å². The van der Waals surface area contributed by atoms with E-state index in [1.165, 1.54) is 0 Å². The van der Waals surface area contributed by atoms with E-state index < -0.39 is 10.0 Å². The minimum atomic E-state index is -3.64. The van der Waals surface area contributed by atoms with E-state index in [4.69, 9.17) is 5.11 Å². The van der Waals surface area contributed by atoms with E-state index in [1.807, 2.05) is 6.92 Å². The van der Waals surface area contributed by atoms with Gasteiger partial charge in [-0.25, -0.2) is 8.42 Å². The molecule has 0 radical (unpaired) electrons. The van der Waals surface area contributed by atoms with Gasteiger partial charge >= 0.3 is 0 Å². The van der Waals surface area contributed by atoms with Gasteiger partial charge in [-0.15, -0.1) is 11.3 Å². The summed E-state index contributed by atoms with van der Waals surface area (Å²) in [6.45, 7) is 5.22. The quantitative estimate of drug-likeness (QED) is 0.908. The highest BCUT2D eigenvalue weighted by atomic mass is 32.2. The van der Waals surface area contributed by atoms with Gasteiger partial charge in [-0.3, -0.25) is 9.71 Å². The fraction of sp³-hybridized carbons (Fsp3) is 0.308. The van der Waals surface area contributed by atoms with Crippen LogP contribution in [-0.4, -0.2) is 18.5 Å². The molecule has 2 rings (SSSR count). The smallest absolute Gasteiger partial charge is 0.271 e. The number of nitrogens with zero attached hydrogens (tertiary/aromatic N) is 1. The summed E-state index contributed by atoms with van der Waals surface area (Å²) in [5, 5.41) is 9.15. The molecule has 7 heteroatoms. The predicted molar refractivity (Wildman–Crippen MR) is 79.5 cm³/mol. The number of aryl methyl sites for hydroxylation is 3. The van der Waals surface area contributed by atoms with Crippen LogP contribution in [0.4, 0.5) is 5.69 Å². The molecule has 0 amide bonds. The standard InChI is InChI=1S/C13H16N2O3S2/c1-8-6-13(19-12(8)7-16)20(17,18)15-11-5-4-9(2)14-10(11)3/h4-6,15-16H,7H2,1-3H3. The highest BCUT2D eigenvalue weighted by Crippen LogP contribution is 2.28. The molecule has 2 heterocycles. The summed E-state index contributed by atoms with van der Waals surface area (Å²) in [5.74, 6) is 0. The number of nitrogens with one attached hydrogen (secondary N) is 1. The van der Waals surface area contributed by atoms with Crippen molar-refractivity contribution in [1.82, 2.24) is 4.98 Å². The number of aromatic nitrogens is 1. The van der Waals surface area contributed by atoms with E-state index in [0.29, 0.717) is 16.3 Å². The monoisotopic (exact) mass is 312 g/mol. The van der Waals surface area contributed by atoms with Gasteiger partial charge in [0.05, 0.1) is 18.0 Å². The zero-order valence-electron chi connectivity index (χ0n) is 11.5. The third-order valence-electron chi connectivity index (χ3n) is 2.88. The molecule has 2 aromatic heterocycles. The van der Waals surface area contributed by atoms with Crippen LogP contribution in [0.3, 0.4) is 0 Å². The fourth-order valence-electron chi connectivity index (χ4n) is 1.77. The largest absolute Gasteiger partial charge is 0.391 e. The Balaban J connectivity index is 2.35. The fourth-order valence-corrected chi connectivity index (χ4v) is 4.33. The van der Waals surface area contributed by atoms with Gasteiger partial charge in [0.25, 0.3) is 10.0 Å². The lowest BCUT2D eigenvalue weighted by atomic mass is 10.3. The number of pyridine rings is 1.